The highest BCUT2D eigenvalue weighted by atomic mass is 32.2. The first-order valence-corrected chi connectivity index (χ1v) is 6.46. The van der Waals surface area contributed by atoms with Crippen molar-refractivity contribution in [2.45, 2.75) is 11.3 Å². The lowest BCUT2D eigenvalue weighted by Gasteiger charge is -2.04. The summed E-state index contributed by atoms with van der Waals surface area (Å²) in [7, 11) is 1.65. The van der Waals surface area contributed by atoms with Crippen molar-refractivity contribution >= 4 is 17.4 Å². The SMILES string of the molecule is COCCOCCCSc1cc(N)cc(F)c1. The number of nitrogens with two attached hydrogens (primary N) is 1. The van der Waals surface area contributed by atoms with Crippen LogP contribution >= 0.6 is 11.8 Å². The lowest BCUT2D eigenvalue weighted by molar-refractivity contribution is 0.0713. The van der Waals surface area contributed by atoms with Crippen LogP contribution in [0.3, 0.4) is 0 Å². The Kier molecular flexibility index (Phi) is 7.00. The molecule has 0 radical (unpaired) electrons. The summed E-state index contributed by atoms with van der Waals surface area (Å²) in [6, 6.07) is 4.59. The Bertz CT molecular complexity index is 316. The normalized spacial score (nSPS) is 10.7. The number of thioether (sulfide) groups is 1. The molecule has 3 nitrogen and oxygen atoms in total. The van der Waals surface area contributed by atoms with E-state index in [9.17, 15) is 4.39 Å². The Labute approximate surface area is 105 Å². The van der Waals surface area contributed by atoms with E-state index in [2.05, 4.69) is 0 Å². The molecule has 0 amide bonds. The van der Waals surface area contributed by atoms with Crippen LogP contribution in [0.25, 0.3) is 0 Å². The van der Waals surface area contributed by atoms with E-state index < -0.39 is 0 Å². The second-order valence-electron chi connectivity index (χ2n) is 3.53. The summed E-state index contributed by atoms with van der Waals surface area (Å²) in [5.41, 5.74) is 6.01. The van der Waals surface area contributed by atoms with Crippen molar-refractivity contribution in [2.75, 3.05) is 38.4 Å². The van der Waals surface area contributed by atoms with Gasteiger partial charge >= 0.3 is 0 Å². The molecule has 0 atom stereocenters. The lowest BCUT2D eigenvalue weighted by atomic mass is 10.3. The standard InChI is InChI=1S/C12H18FNO2S/c1-15-4-5-16-3-2-6-17-12-8-10(13)7-11(14)9-12/h7-9H,2-6,14H2,1H3. The smallest absolute Gasteiger partial charge is 0.126 e. The van der Waals surface area contributed by atoms with Crippen LogP contribution in [0.1, 0.15) is 6.42 Å². The third kappa shape index (κ3) is 6.51. The molecule has 0 bridgehead atoms. The van der Waals surface area contributed by atoms with Crippen molar-refractivity contribution < 1.29 is 13.9 Å². The first-order valence-electron chi connectivity index (χ1n) is 5.48. The van der Waals surface area contributed by atoms with E-state index in [-0.39, 0.29) is 5.82 Å². The molecular formula is C12H18FNO2S. The molecule has 2 N–H and O–H groups in total. The summed E-state index contributed by atoms with van der Waals surface area (Å²) < 4.78 is 23.2. The van der Waals surface area contributed by atoms with Gasteiger partial charge in [-0.15, -0.1) is 11.8 Å². The summed E-state index contributed by atoms with van der Waals surface area (Å²) in [4.78, 5) is 0.861. The van der Waals surface area contributed by atoms with Crippen molar-refractivity contribution in [1.82, 2.24) is 0 Å². The van der Waals surface area contributed by atoms with Gasteiger partial charge in [0.25, 0.3) is 0 Å². The summed E-state index contributed by atoms with van der Waals surface area (Å²) >= 11 is 1.58. The van der Waals surface area contributed by atoms with Gasteiger partial charge in [-0.25, -0.2) is 4.39 Å². The van der Waals surface area contributed by atoms with Crippen LogP contribution in [0.5, 0.6) is 0 Å². The molecule has 1 rings (SSSR count). The second-order valence-corrected chi connectivity index (χ2v) is 4.70. The quantitative estimate of drug-likeness (QED) is 0.443. The predicted octanol–water partition coefficient (Wildman–Crippen LogP) is 2.55. The van der Waals surface area contributed by atoms with Gasteiger partial charge in [0, 0.05) is 30.1 Å². The molecule has 1 aromatic carbocycles. The third-order valence-electron chi connectivity index (χ3n) is 2.03. The van der Waals surface area contributed by atoms with E-state index in [0.717, 1.165) is 17.1 Å². The zero-order valence-electron chi connectivity index (χ0n) is 9.95. The Balaban J connectivity index is 2.13. The molecule has 0 aliphatic heterocycles. The van der Waals surface area contributed by atoms with Gasteiger partial charge in [-0.3, -0.25) is 0 Å². The highest BCUT2D eigenvalue weighted by molar-refractivity contribution is 7.99. The topological polar surface area (TPSA) is 44.5 Å². The van der Waals surface area contributed by atoms with Crippen LogP contribution in [-0.2, 0) is 9.47 Å². The number of halogens is 1. The van der Waals surface area contributed by atoms with Gasteiger partial charge in [0.15, 0.2) is 0 Å². The highest BCUT2D eigenvalue weighted by Gasteiger charge is 1.99. The van der Waals surface area contributed by atoms with E-state index in [1.807, 2.05) is 0 Å². The van der Waals surface area contributed by atoms with Crippen molar-refractivity contribution in [3.63, 3.8) is 0 Å². The average Bonchev–Trinajstić information content (AvgIpc) is 2.26. The Morgan fingerprint density at radius 2 is 2.06 bits per heavy atom. The average molecular weight is 259 g/mol. The van der Waals surface area contributed by atoms with Gasteiger partial charge in [0.1, 0.15) is 5.82 Å². The molecule has 0 aliphatic rings. The Morgan fingerprint density at radius 1 is 1.24 bits per heavy atom. The fourth-order valence-corrected chi connectivity index (χ4v) is 2.18. The van der Waals surface area contributed by atoms with Crippen molar-refractivity contribution in [3.8, 4) is 0 Å². The van der Waals surface area contributed by atoms with Gasteiger partial charge in [-0.1, -0.05) is 0 Å². The maximum Gasteiger partial charge on any atom is 0.126 e. The van der Waals surface area contributed by atoms with E-state index >= 15 is 0 Å². The lowest BCUT2D eigenvalue weighted by Crippen LogP contribution is -2.03. The number of ether oxygens (including phenoxy) is 2. The molecule has 5 heteroatoms. The minimum absolute atomic E-state index is 0.288. The van der Waals surface area contributed by atoms with Gasteiger partial charge in [-0.05, 0) is 24.6 Å². The summed E-state index contributed by atoms with van der Waals surface area (Å²) in [5.74, 6) is 0.597. The number of methoxy groups -OCH3 is 1. The van der Waals surface area contributed by atoms with Crippen LogP contribution < -0.4 is 5.73 Å². The number of rotatable bonds is 8. The number of hydrogen-bond donors (Lipinski definition) is 1. The summed E-state index contributed by atoms with van der Waals surface area (Å²) in [6.45, 7) is 1.93. The fraction of sp³-hybridized carbons (Fsp3) is 0.500. The van der Waals surface area contributed by atoms with E-state index in [1.165, 1.54) is 12.1 Å². The molecule has 0 fully saturated rings. The molecule has 96 valence electrons. The summed E-state index contributed by atoms with van der Waals surface area (Å²) in [6.07, 6.45) is 0.921. The first kappa shape index (κ1) is 14.3. The predicted molar refractivity (Wildman–Crippen MR) is 68.8 cm³/mol. The highest BCUT2D eigenvalue weighted by Crippen LogP contribution is 2.22. The maximum absolute atomic E-state index is 13.0. The molecule has 1 aromatic rings. The van der Waals surface area contributed by atoms with Gasteiger partial charge in [0.2, 0.25) is 0 Å². The van der Waals surface area contributed by atoms with Crippen LogP contribution in [0.2, 0.25) is 0 Å². The van der Waals surface area contributed by atoms with Crippen LogP contribution in [0.4, 0.5) is 10.1 Å². The molecule has 0 aliphatic carbocycles. The number of nitrogen functional groups attached to an aromatic ring is 1. The van der Waals surface area contributed by atoms with E-state index in [0.29, 0.717) is 25.5 Å². The minimum atomic E-state index is -0.288. The summed E-state index contributed by atoms with van der Waals surface area (Å²) in [5, 5.41) is 0. The number of hydrogen-bond acceptors (Lipinski definition) is 4. The molecule has 0 spiro atoms. The molecular weight excluding hydrogens is 241 g/mol. The number of anilines is 1. The Morgan fingerprint density at radius 3 is 2.76 bits per heavy atom. The number of benzene rings is 1. The first-order chi connectivity index (χ1) is 8.22. The zero-order chi connectivity index (χ0) is 12.5. The molecule has 17 heavy (non-hydrogen) atoms. The third-order valence-corrected chi connectivity index (χ3v) is 3.09. The van der Waals surface area contributed by atoms with Gasteiger partial charge in [0.05, 0.1) is 13.2 Å². The van der Waals surface area contributed by atoms with Crippen molar-refractivity contribution in [3.05, 3.63) is 24.0 Å². The zero-order valence-corrected chi connectivity index (χ0v) is 10.8. The van der Waals surface area contributed by atoms with Crippen molar-refractivity contribution in [2.24, 2.45) is 0 Å². The maximum atomic E-state index is 13.0. The van der Waals surface area contributed by atoms with Crippen LogP contribution in [0.15, 0.2) is 23.1 Å². The Hall–Kier alpha value is -0.780. The molecule has 0 heterocycles. The van der Waals surface area contributed by atoms with Gasteiger partial charge in [-0.2, -0.15) is 0 Å². The van der Waals surface area contributed by atoms with Crippen LogP contribution in [-0.4, -0.2) is 32.7 Å². The van der Waals surface area contributed by atoms with E-state index in [1.54, 1.807) is 24.9 Å². The molecule has 0 aromatic heterocycles. The molecule has 0 saturated heterocycles. The minimum Gasteiger partial charge on any atom is -0.399 e. The fourth-order valence-electron chi connectivity index (χ4n) is 1.26. The van der Waals surface area contributed by atoms with E-state index in [4.69, 9.17) is 15.2 Å². The second kappa shape index (κ2) is 8.33. The van der Waals surface area contributed by atoms with Crippen molar-refractivity contribution in [1.29, 1.82) is 0 Å². The monoisotopic (exact) mass is 259 g/mol. The molecule has 0 saturated carbocycles. The van der Waals surface area contributed by atoms with Crippen LogP contribution in [0, 0.1) is 5.82 Å². The van der Waals surface area contributed by atoms with Gasteiger partial charge < -0.3 is 15.2 Å². The molecule has 0 unspecified atom stereocenters. The largest absolute Gasteiger partial charge is 0.399 e.